The van der Waals surface area contributed by atoms with Crippen molar-refractivity contribution in [3.63, 3.8) is 0 Å². The van der Waals surface area contributed by atoms with E-state index in [0.29, 0.717) is 6.04 Å². The molecule has 1 saturated heterocycles. The molecule has 0 aliphatic carbocycles. The fourth-order valence-corrected chi connectivity index (χ4v) is 2.55. The number of nitrogens with one attached hydrogen (secondary N) is 1. The van der Waals surface area contributed by atoms with Gasteiger partial charge in [-0.2, -0.15) is 0 Å². The first-order valence-electron chi connectivity index (χ1n) is 6.40. The molecule has 18 heavy (non-hydrogen) atoms. The number of likely N-dealkylation sites (N-methyl/N-ethyl adjacent to an activating group) is 1. The zero-order chi connectivity index (χ0) is 12.3. The number of aryl methyl sites for hydroxylation is 1. The van der Waals surface area contributed by atoms with Gasteiger partial charge in [0.2, 0.25) is 0 Å². The number of nitrogens with zero attached hydrogens (tertiary/aromatic N) is 1. The summed E-state index contributed by atoms with van der Waals surface area (Å²) in [5.41, 5.74) is 2.02. The number of rotatable bonds is 4. The Morgan fingerprint density at radius 3 is 2.83 bits per heavy atom. The first-order valence-corrected chi connectivity index (χ1v) is 6.40. The van der Waals surface area contributed by atoms with Crippen LogP contribution in [0.15, 0.2) is 18.2 Å². The molecule has 1 fully saturated rings. The predicted octanol–water partition coefficient (Wildman–Crippen LogP) is 2.60. The molecular formula is C14H22ClFN2. The van der Waals surface area contributed by atoms with Gasteiger partial charge in [0.05, 0.1) is 0 Å². The maximum atomic E-state index is 13.8. The first kappa shape index (κ1) is 15.4. The van der Waals surface area contributed by atoms with Crippen molar-refractivity contribution in [1.82, 2.24) is 10.2 Å². The van der Waals surface area contributed by atoms with Crippen LogP contribution in [0.4, 0.5) is 4.39 Å². The molecule has 1 atom stereocenters. The van der Waals surface area contributed by atoms with Gasteiger partial charge in [-0.3, -0.25) is 4.90 Å². The number of benzene rings is 1. The second-order valence-electron chi connectivity index (χ2n) is 4.74. The lowest BCUT2D eigenvalue weighted by Gasteiger charge is -2.18. The van der Waals surface area contributed by atoms with Gasteiger partial charge in [-0.1, -0.05) is 19.1 Å². The zero-order valence-electron chi connectivity index (χ0n) is 11.1. The van der Waals surface area contributed by atoms with E-state index >= 15 is 0 Å². The molecule has 2 rings (SSSR count). The van der Waals surface area contributed by atoms with E-state index in [1.807, 2.05) is 13.1 Å². The van der Waals surface area contributed by atoms with Gasteiger partial charge in [-0.05, 0) is 31.5 Å². The lowest BCUT2D eigenvalue weighted by atomic mass is 10.0. The highest BCUT2D eigenvalue weighted by atomic mass is 35.5. The highest BCUT2D eigenvalue weighted by Gasteiger charge is 2.22. The van der Waals surface area contributed by atoms with Crippen LogP contribution in [-0.4, -0.2) is 31.1 Å². The van der Waals surface area contributed by atoms with Crippen LogP contribution in [0.1, 0.15) is 24.5 Å². The highest BCUT2D eigenvalue weighted by Crippen LogP contribution is 2.19. The van der Waals surface area contributed by atoms with Crippen LogP contribution in [0.25, 0.3) is 0 Å². The topological polar surface area (TPSA) is 15.3 Å². The van der Waals surface area contributed by atoms with E-state index in [2.05, 4.69) is 17.1 Å². The Morgan fingerprint density at radius 2 is 2.22 bits per heavy atom. The standard InChI is InChI=1S/C14H21FN2.ClH/c1-3-11-5-4-6-14(15)13(11)10-17-8-7-12(9-17)16-2;/h4-6,12,16H,3,7-10H2,1-2H3;1H. The lowest BCUT2D eigenvalue weighted by Crippen LogP contribution is -2.29. The van der Waals surface area contributed by atoms with E-state index in [1.54, 1.807) is 12.1 Å². The Morgan fingerprint density at radius 1 is 1.44 bits per heavy atom. The van der Waals surface area contributed by atoms with Gasteiger partial charge < -0.3 is 5.32 Å². The largest absolute Gasteiger partial charge is 0.316 e. The molecule has 1 unspecified atom stereocenters. The molecule has 0 spiro atoms. The van der Waals surface area contributed by atoms with Crippen molar-refractivity contribution in [2.24, 2.45) is 0 Å². The van der Waals surface area contributed by atoms with Crippen LogP contribution in [-0.2, 0) is 13.0 Å². The molecule has 1 heterocycles. The summed E-state index contributed by atoms with van der Waals surface area (Å²) in [6.07, 6.45) is 2.06. The molecule has 1 aliphatic heterocycles. The molecular weight excluding hydrogens is 251 g/mol. The lowest BCUT2D eigenvalue weighted by molar-refractivity contribution is 0.316. The molecule has 1 aromatic carbocycles. The van der Waals surface area contributed by atoms with E-state index < -0.39 is 0 Å². The minimum Gasteiger partial charge on any atom is -0.316 e. The van der Waals surface area contributed by atoms with E-state index in [9.17, 15) is 4.39 Å². The van der Waals surface area contributed by atoms with Crippen LogP contribution >= 0.6 is 12.4 Å². The molecule has 0 radical (unpaired) electrons. The van der Waals surface area contributed by atoms with Crippen molar-refractivity contribution in [3.8, 4) is 0 Å². The number of hydrogen-bond donors (Lipinski definition) is 1. The SMILES string of the molecule is CCc1cccc(F)c1CN1CCC(NC)C1.Cl. The van der Waals surface area contributed by atoms with Gasteiger partial charge in [-0.15, -0.1) is 12.4 Å². The molecule has 1 aromatic rings. The van der Waals surface area contributed by atoms with Crippen LogP contribution < -0.4 is 5.32 Å². The Kier molecular flexibility index (Phi) is 6.06. The Hall–Kier alpha value is -0.640. The maximum absolute atomic E-state index is 13.8. The fraction of sp³-hybridized carbons (Fsp3) is 0.571. The van der Waals surface area contributed by atoms with E-state index in [-0.39, 0.29) is 18.2 Å². The van der Waals surface area contributed by atoms with Crippen molar-refractivity contribution in [2.45, 2.75) is 32.4 Å². The number of likely N-dealkylation sites (tertiary alicyclic amines) is 1. The summed E-state index contributed by atoms with van der Waals surface area (Å²) in [6, 6.07) is 5.97. The molecule has 0 saturated carbocycles. The van der Waals surface area contributed by atoms with Gasteiger partial charge in [0.1, 0.15) is 5.82 Å². The van der Waals surface area contributed by atoms with Gasteiger partial charge in [0.25, 0.3) is 0 Å². The van der Waals surface area contributed by atoms with Gasteiger partial charge in [0, 0.05) is 31.2 Å². The third-order valence-corrected chi connectivity index (χ3v) is 3.66. The summed E-state index contributed by atoms with van der Waals surface area (Å²) in [4.78, 5) is 2.33. The molecule has 1 N–H and O–H groups in total. The molecule has 0 bridgehead atoms. The molecule has 0 aromatic heterocycles. The van der Waals surface area contributed by atoms with Crippen molar-refractivity contribution in [2.75, 3.05) is 20.1 Å². The maximum Gasteiger partial charge on any atom is 0.127 e. The highest BCUT2D eigenvalue weighted by molar-refractivity contribution is 5.85. The van der Waals surface area contributed by atoms with E-state index in [4.69, 9.17) is 0 Å². The molecule has 0 amide bonds. The van der Waals surface area contributed by atoms with Crippen LogP contribution in [0.3, 0.4) is 0 Å². The average Bonchev–Trinajstić information content (AvgIpc) is 2.79. The first-order chi connectivity index (χ1) is 8.24. The van der Waals surface area contributed by atoms with Gasteiger partial charge in [0.15, 0.2) is 0 Å². The van der Waals surface area contributed by atoms with Crippen LogP contribution in [0, 0.1) is 5.82 Å². The normalized spacial score (nSPS) is 19.8. The third-order valence-electron chi connectivity index (χ3n) is 3.66. The summed E-state index contributed by atoms with van der Waals surface area (Å²) in [7, 11) is 1.99. The summed E-state index contributed by atoms with van der Waals surface area (Å²) in [5, 5.41) is 3.29. The fourth-order valence-electron chi connectivity index (χ4n) is 2.55. The van der Waals surface area contributed by atoms with Crippen molar-refractivity contribution < 1.29 is 4.39 Å². The smallest absolute Gasteiger partial charge is 0.127 e. The minimum atomic E-state index is -0.0581. The van der Waals surface area contributed by atoms with E-state index in [0.717, 1.165) is 43.6 Å². The molecule has 4 heteroatoms. The van der Waals surface area contributed by atoms with E-state index in [1.165, 1.54) is 0 Å². The third kappa shape index (κ3) is 3.44. The van der Waals surface area contributed by atoms with Crippen LogP contribution in [0.2, 0.25) is 0 Å². The number of halogens is 2. The summed E-state index contributed by atoms with van der Waals surface area (Å²) < 4.78 is 13.8. The Bertz CT molecular complexity index is 384. The van der Waals surface area contributed by atoms with Crippen molar-refractivity contribution in [3.05, 3.63) is 35.1 Å². The van der Waals surface area contributed by atoms with Crippen LogP contribution in [0.5, 0.6) is 0 Å². The quantitative estimate of drug-likeness (QED) is 0.906. The van der Waals surface area contributed by atoms with Gasteiger partial charge >= 0.3 is 0 Å². The predicted molar refractivity (Wildman–Crippen MR) is 75.8 cm³/mol. The monoisotopic (exact) mass is 272 g/mol. The molecule has 1 aliphatic rings. The molecule has 2 nitrogen and oxygen atoms in total. The minimum absolute atomic E-state index is 0. The summed E-state index contributed by atoms with van der Waals surface area (Å²) in [5.74, 6) is -0.0581. The second kappa shape index (κ2) is 7.07. The summed E-state index contributed by atoms with van der Waals surface area (Å²) in [6.45, 7) is 4.91. The van der Waals surface area contributed by atoms with Crippen molar-refractivity contribution >= 4 is 12.4 Å². The average molecular weight is 273 g/mol. The molecule has 102 valence electrons. The number of hydrogen-bond acceptors (Lipinski definition) is 2. The zero-order valence-corrected chi connectivity index (χ0v) is 11.9. The second-order valence-corrected chi connectivity index (χ2v) is 4.74. The Balaban J connectivity index is 0.00000162. The Labute approximate surface area is 115 Å². The van der Waals surface area contributed by atoms with Gasteiger partial charge in [-0.25, -0.2) is 4.39 Å². The van der Waals surface area contributed by atoms with Crippen molar-refractivity contribution in [1.29, 1.82) is 0 Å². The summed E-state index contributed by atoms with van der Waals surface area (Å²) >= 11 is 0.